The molecule has 1 aromatic carbocycles. The average Bonchev–Trinajstić information content (AvgIpc) is 3.13. The summed E-state index contributed by atoms with van der Waals surface area (Å²) in [6, 6.07) is 5.82. The standard InChI is InChI=1S/C17H23FN2O/c1-12-8-13(2-5-16(12)18)9-14-6-7-20(10-14)11-17(21)19-15-3-4-15/h2,5,8,14-15H,3-4,6-7,9-11H2,1H3,(H,19,21). The molecule has 21 heavy (non-hydrogen) atoms. The van der Waals surface area contributed by atoms with Gasteiger partial charge in [-0.15, -0.1) is 0 Å². The maximum Gasteiger partial charge on any atom is 0.234 e. The first-order valence-electron chi connectivity index (χ1n) is 7.87. The molecule has 1 saturated carbocycles. The maximum atomic E-state index is 13.3. The average molecular weight is 290 g/mol. The molecule has 0 aromatic heterocycles. The molecule has 1 N–H and O–H groups in total. The van der Waals surface area contributed by atoms with E-state index in [0.29, 0.717) is 24.1 Å². The predicted octanol–water partition coefficient (Wildman–Crippen LogP) is 2.28. The van der Waals surface area contributed by atoms with Crippen molar-refractivity contribution < 1.29 is 9.18 Å². The number of nitrogens with one attached hydrogen (secondary N) is 1. The number of benzene rings is 1. The normalized spacial score (nSPS) is 22.5. The molecule has 0 bridgehead atoms. The summed E-state index contributed by atoms with van der Waals surface area (Å²) in [5, 5.41) is 3.04. The van der Waals surface area contributed by atoms with Gasteiger partial charge in [0.15, 0.2) is 0 Å². The molecule has 1 heterocycles. The number of amides is 1. The van der Waals surface area contributed by atoms with E-state index in [1.807, 2.05) is 19.1 Å². The van der Waals surface area contributed by atoms with Gasteiger partial charge in [0.25, 0.3) is 0 Å². The molecular weight excluding hydrogens is 267 g/mol. The summed E-state index contributed by atoms with van der Waals surface area (Å²) in [5.74, 6) is 0.600. The number of hydrogen-bond donors (Lipinski definition) is 1. The van der Waals surface area contributed by atoms with Crippen molar-refractivity contribution >= 4 is 5.91 Å². The van der Waals surface area contributed by atoms with Gasteiger partial charge >= 0.3 is 0 Å². The van der Waals surface area contributed by atoms with E-state index in [9.17, 15) is 9.18 Å². The molecule has 3 rings (SSSR count). The highest BCUT2D eigenvalue weighted by Gasteiger charge is 2.27. The fourth-order valence-electron chi connectivity index (χ4n) is 3.09. The first-order valence-corrected chi connectivity index (χ1v) is 7.87. The van der Waals surface area contributed by atoms with Crippen molar-refractivity contribution in [1.29, 1.82) is 0 Å². The van der Waals surface area contributed by atoms with Gasteiger partial charge in [-0.25, -0.2) is 4.39 Å². The molecule has 1 aromatic rings. The lowest BCUT2D eigenvalue weighted by molar-refractivity contribution is -0.122. The smallest absolute Gasteiger partial charge is 0.234 e. The molecule has 0 radical (unpaired) electrons. The summed E-state index contributed by atoms with van der Waals surface area (Å²) in [7, 11) is 0. The van der Waals surface area contributed by atoms with Gasteiger partial charge in [-0.2, -0.15) is 0 Å². The summed E-state index contributed by atoms with van der Waals surface area (Å²) in [6.45, 7) is 4.29. The summed E-state index contributed by atoms with van der Waals surface area (Å²) < 4.78 is 13.3. The Hall–Kier alpha value is -1.42. The van der Waals surface area contributed by atoms with Crippen LogP contribution in [0.5, 0.6) is 0 Å². The monoisotopic (exact) mass is 290 g/mol. The lowest BCUT2D eigenvalue weighted by Gasteiger charge is -2.15. The lowest BCUT2D eigenvalue weighted by atomic mass is 9.97. The Bertz CT molecular complexity index is 528. The topological polar surface area (TPSA) is 32.3 Å². The Morgan fingerprint density at radius 1 is 1.38 bits per heavy atom. The highest BCUT2D eigenvalue weighted by Crippen LogP contribution is 2.22. The van der Waals surface area contributed by atoms with Gasteiger partial charge in [0.2, 0.25) is 5.91 Å². The maximum absolute atomic E-state index is 13.3. The number of carbonyl (C=O) groups excluding carboxylic acids is 1. The van der Waals surface area contributed by atoms with Gasteiger partial charge in [-0.3, -0.25) is 9.69 Å². The summed E-state index contributed by atoms with van der Waals surface area (Å²) in [4.78, 5) is 14.0. The molecule has 1 aliphatic heterocycles. The van der Waals surface area contributed by atoms with Crippen molar-refractivity contribution in [3.05, 3.63) is 35.1 Å². The molecule has 2 aliphatic rings. The predicted molar refractivity (Wildman–Crippen MR) is 80.6 cm³/mol. The Labute approximate surface area is 125 Å². The number of hydrogen-bond acceptors (Lipinski definition) is 2. The Balaban J connectivity index is 1.47. The fourth-order valence-corrected chi connectivity index (χ4v) is 3.09. The molecule has 0 spiro atoms. The first kappa shape index (κ1) is 14.5. The van der Waals surface area contributed by atoms with Crippen LogP contribution in [0.3, 0.4) is 0 Å². The van der Waals surface area contributed by atoms with Crippen molar-refractivity contribution in [1.82, 2.24) is 10.2 Å². The van der Waals surface area contributed by atoms with Crippen LogP contribution in [0.25, 0.3) is 0 Å². The van der Waals surface area contributed by atoms with Crippen molar-refractivity contribution in [3.8, 4) is 0 Å². The summed E-state index contributed by atoms with van der Waals surface area (Å²) in [6.07, 6.45) is 4.37. The van der Waals surface area contributed by atoms with Gasteiger partial charge in [-0.1, -0.05) is 12.1 Å². The number of rotatable bonds is 5. The second-order valence-electron chi connectivity index (χ2n) is 6.52. The molecule has 1 amide bonds. The molecule has 3 nitrogen and oxygen atoms in total. The van der Waals surface area contributed by atoms with Crippen LogP contribution in [0.15, 0.2) is 18.2 Å². The van der Waals surface area contributed by atoms with Crippen LogP contribution in [0.1, 0.15) is 30.4 Å². The largest absolute Gasteiger partial charge is 0.352 e. The van der Waals surface area contributed by atoms with Crippen LogP contribution in [0, 0.1) is 18.7 Å². The third-order valence-corrected chi connectivity index (χ3v) is 4.43. The van der Waals surface area contributed by atoms with Gasteiger partial charge in [0.1, 0.15) is 5.82 Å². The zero-order valence-corrected chi connectivity index (χ0v) is 12.6. The van der Waals surface area contributed by atoms with E-state index in [1.165, 1.54) is 5.56 Å². The van der Waals surface area contributed by atoms with Crippen molar-refractivity contribution in [2.45, 2.75) is 38.6 Å². The van der Waals surface area contributed by atoms with Crippen LogP contribution in [0.4, 0.5) is 4.39 Å². The van der Waals surface area contributed by atoms with Crippen molar-refractivity contribution in [2.24, 2.45) is 5.92 Å². The van der Waals surface area contributed by atoms with Crippen LogP contribution in [-0.2, 0) is 11.2 Å². The number of aryl methyl sites for hydroxylation is 1. The van der Waals surface area contributed by atoms with E-state index in [1.54, 1.807) is 6.07 Å². The molecule has 114 valence electrons. The number of halogens is 1. The van der Waals surface area contributed by atoms with E-state index < -0.39 is 0 Å². The Morgan fingerprint density at radius 3 is 2.90 bits per heavy atom. The van der Waals surface area contributed by atoms with Gasteiger partial charge in [0.05, 0.1) is 6.54 Å². The lowest BCUT2D eigenvalue weighted by Crippen LogP contribution is -2.37. The molecule has 1 unspecified atom stereocenters. The van der Waals surface area contributed by atoms with Crippen molar-refractivity contribution in [3.63, 3.8) is 0 Å². The molecular formula is C17H23FN2O. The van der Waals surface area contributed by atoms with Crippen LogP contribution < -0.4 is 5.32 Å². The molecule has 1 saturated heterocycles. The van der Waals surface area contributed by atoms with Crippen LogP contribution >= 0.6 is 0 Å². The zero-order chi connectivity index (χ0) is 14.8. The second-order valence-corrected chi connectivity index (χ2v) is 6.52. The Kier molecular flexibility index (Phi) is 4.24. The minimum atomic E-state index is -0.136. The highest BCUT2D eigenvalue weighted by atomic mass is 19.1. The van der Waals surface area contributed by atoms with Gasteiger partial charge in [-0.05, 0) is 62.3 Å². The van der Waals surface area contributed by atoms with E-state index in [-0.39, 0.29) is 11.7 Å². The van der Waals surface area contributed by atoms with E-state index >= 15 is 0 Å². The van der Waals surface area contributed by atoms with Crippen molar-refractivity contribution in [2.75, 3.05) is 19.6 Å². The van der Waals surface area contributed by atoms with E-state index in [0.717, 1.165) is 38.8 Å². The fraction of sp³-hybridized carbons (Fsp3) is 0.588. The summed E-state index contributed by atoms with van der Waals surface area (Å²) >= 11 is 0. The SMILES string of the molecule is Cc1cc(CC2CCN(CC(=O)NC3CC3)C2)ccc1F. The zero-order valence-electron chi connectivity index (χ0n) is 12.6. The number of nitrogens with zero attached hydrogens (tertiary/aromatic N) is 1. The number of carbonyl (C=O) groups is 1. The van der Waals surface area contributed by atoms with Crippen LogP contribution in [-0.4, -0.2) is 36.5 Å². The summed E-state index contributed by atoms with van der Waals surface area (Å²) in [5.41, 5.74) is 1.91. The van der Waals surface area contributed by atoms with Gasteiger partial charge < -0.3 is 5.32 Å². The molecule has 1 atom stereocenters. The quantitative estimate of drug-likeness (QED) is 0.902. The third-order valence-electron chi connectivity index (χ3n) is 4.43. The minimum absolute atomic E-state index is 0.136. The first-order chi connectivity index (χ1) is 10.1. The minimum Gasteiger partial charge on any atom is -0.352 e. The Morgan fingerprint density at radius 2 is 2.19 bits per heavy atom. The molecule has 2 fully saturated rings. The highest BCUT2D eigenvalue weighted by molar-refractivity contribution is 5.78. The molecule has 4 heteroatoms. The third kappa shape index (κ3) is 4.03. The van der Waals surface area contributed by atoms with Crippen LogP contribution in [0.2, 0.25) is 0 Å². The number of likely N-dealkylation sites (tertiary alicyclic amines) is 1. The van der Waals surface area contributed by atoms with E-state index in [2.05, 4.69) is 10.2 Å². The van der Waals surface area contributed by atoms with E-state index in [4.69, 9.17) is 0 Å². The second kappa shape index (κ2) is 6.14. The van der Waals surface area contributed by atoms with Gasteiger partial charge in [0, 0.05) is 12.6 Å². The molecule has 1 aliphatic carbocycles.